The quantitative estimate of drug-likeness (QED) is 0.657. The average Bonchev–Trinajstić information content (AvgIpc) is 2.38. The first-order valence-corrected chi connectivity index (χ1v) is 7.22. The highest BCUT2D eigenvalue weighted by atomic mass is 79.9. The summed E-state index contributed by atoms with van der Waals surface area (Å²) in [5.41, 5.74) is 7.17. The van der Waals surface area contributed by atoms with Gasteiger partial charge in [0, 0.05) is 26.3 Å². The number of benzene rings is 2. The molecule has 5 heteroatoms. The SMILES string of the molecule is CCOc1ccc(C(=O)c2ccc(Cl)cc2N)c(Br)c1. The van der Waals surface area contributed by atoms with Crippen molar-refractivity contribution in [2.24, 2.45) is 0 Å². The maximum Gasteiger partial charge on any atom is 0.196 e. The first-order valence-electron chi connectivity index (χ1n) is 6.05. The van der Waals surface area contributed by atoms with Gasteiger partial charge in [-0.25, -0.2) is 0 Å². The lowest BCUT2D eigenvalue weighted by molar-refractivity contribution is 0.103. The average molecular weight is 355 g/mol. The number of carbonyl (C=O) groups excluding carboxylic acids is 1. The van der Waals surface area contributed by atoms with Crippen LogP contribution in [-0.2, 0) is 0 Å². The maximum atomic E-state index is 12.5. The molecule has 0 unspecified atom stereocenters. The van der Waals surface area contributed by atoms with E-state index >= 15 is 0 Å². The molecule has 20 heavy (non-hydrogen) atoms. The predicted octanol–water partition coefficient (Wildman–Crippen LogP) is 4.31. The molecule has 0 aliphatic heterocycles. The molecular weight excluding hydrogens is 342 g/mol. The molecule has 0 aliphatic rings. The van der Waals surface area contributed by atoms with Crippen LogP contribution in [0.2, 0.25) is 5.02 Å². The molecule has 2 N–H and O–H groups in total. The lowest BCUT2D eigenvalue weighted by atomic mass is 10.0. The van der Waals surface area contributed by atoms with Crippen LogP contribution in [0.15, 0.2) is 40.9 Å². The topological polar surface area (TPSA) is 52.3 Å². The van der Waals surface area contributed by atoms with E-state index in [1.54, 1.807) is 36.4 Å². The molecular formula is C15H13BrClNO2. The normalized spacial score (nSPS) is 10.3. The van der Waals surface area contributed by atoms with Gasteiger partial charge in [-0.3, -0.25) is 4.79 Å². The van der Waals surface area contributed by atoms with Crippen LogP contribution in [0.4, 0.5) is 5.69 Å². The summed E-state index contributed by atoms with van der Waals surface area (Å²) in [6, 6.07) is 10.1. The Labute approximate surface area is 130 Å². The molecule has 2 aromatic rings. The molecule has 0 spiro atoms. The predicted molar refractivity (Wildman–Crippen MR) is 84.6 cm³/mol. The Morgan fingerprint density at radius 1 is 1.25 bits per heavy atom. The third-order valence-electron chi connectivity index (χ3n) is 2.75. The van der Waals surface area contributed by atoms with Crippen molar-refractivity contribution >= 4 is 39.0 Å². The van der Waals surface area contributed by atoms with Gasteiger partial charge in [0.05, 0.1) is 6.61 Å². The summed E-state index contributed by atoms with van der Waals surface area (Å²) in [5, 5.41) is 0.504. The minimum absolute atomic E-state index is 0.158. The van der Waals surface area contributed by atoms with Crippen molar-refractivity contribution in [2.75, 3.05) is 12.3 Å². The molecule has 0 saturated heterocycles. The van der Waals surface area contributed by atoms with E-state index in [-0.39, 0.29) is 5.78 Å². The fourth-order valence-corrected chi connectivity index (χ4v) is 2.54. The summed E-state index contributed by atoms with van der Waals surface area (Å²) in [7, 11) is 0. The molecule has 0 saturated carbocycles. The molecule has 0 radical (unpaired) electrons. The number of ketones is 1. The summed E-state index contributed by atoms with van der Waals surface area (Å²) >= 11 is 9.22. The van der Waals surface area contributed by atoms with E-state index in [0.717, 1.165) is 0 Å². The summed E-state index contributed by atoms with van der Waals surface area (Å²) < 4.78 is 6.05. The van der Waals surface area contributed by atoms with Gasteiger partial charge >= 0.3 is 0 Å². The molecule has 2 aromatic carbocycles. The summed E-state index contributed by atoms with van der Waals surface area (Å²) in [6.45, 7) is 2.48. The van der Waals surface area contributed by atoms with E-state index in [2.05, 4.69) is 15.9 Å². The molecule has 104 valence electrons. The van der Waals surface area contributed by atoms with Crippen LogP contribution in [0, 0.1) is 0 Å². The minimum Gasteiger partial charge on any atom is -0.494 e. The van der Waals surface area contributed by atoms with Gasteiger partial charge in [-0.1, -0.05) is 11.6 Å². The van der Waals surface area contributed by atoms with Gasteiger partial charge in [-0.15, -0.1) is 0 Å². The van der Waals surface area contributed by atoms with Gasteiger partial charge in [0.15, 0.2) is 5.78 Å². The van der Waals surface area contributed by atoms with Crippen LogP contribution in [0.25, 0.3) is 0 Å². The van der Waals surface area contributed by atoms with Crippen molar-refractivity contribution in [3.8, 4) is 5.75 Å². The number of carbonyl (C=O) groups is 1. The number of halogens is 2. The second kappa shape index (κ2) is 6.29. The Morgan fingerprint density at radius 3 is 2.55 bits per heavy atom. The fourth-order valence-electron chi connectivity index (χ4n) is 1.82. The monoisotopic (exact) mass is 353 g/mol. The van der Waals surface area contributed by atoms with E-state index in [1.165, 1.54) is 0 Å². The van der Waals surface area contributed by atoms with Crippen molar-refractivity contribution in [3.63, 3.8) is 0 Å². The van der Waals surface area contributed by atoms with E-state index in [1.807, 2.05) is 6.92 Å². The van der Waals surface area contributed by atoms with Gasteiger partial charge in [0.25, 0.3) is 0 Å². The van der Waals surface area contributed by atoms with Crippen LogP contribution in [0.3, 0.4) is 0 Å². The van der Waals surface area contributed by atoms with Crippen LogP contribution in [0.5, 0.6) is 5.75 Å². The van der Waals surface area contributed by atoms with Gasteiger partial charge in [-0.05, 0) is 59.3 Å². The zero-order valence-corrected chi connectivity index (χ0v) is 13.2. The molecule has 3 nitrogen and oxygen atoms in total. The molecule has 0 amide bonds. The number of hydrogen-bond donors (Lipinski definition) is 1. The van der Waals surface area contributed by atoms with E-state index < -0.39 is 0 Å². The number of hydrogen-bond acceptors (Lipinski definition) is 3. The third-order valence-corrected chi connectivity index (χ3v) is 3.65. The van der Waals surface area contributed by atoms with Crippen LogP contribution >= 0.6 is 27.5 Å². The summed E-state index contributed by atoms with van der Waals surface area (Å²) in [5.74, 6) is 0.550. The van der Waals surface area contributed by atoms with Gasteiger partial charge in [0.1, 0.15) is 5.75 Å². The zero-order valence-electron chi connectivity index (χ0n) is 10.8. The highest BCUT2D eigenvalue weighted by molar-refractivity contribution is 9.10. The molecule has 2 rings (SSSR count). The molecule has 0 aliphatic carbocycles. The number of nitrogen functional groups attached to an aromatic ring is 1. The number of nitrogens with two attached hydrogens (primary N) is 1. The maximum absolute atomic E-state index is 12.5. The number of rotatable bonds is 4. The van der Waals surface area contributed by atoms with Crippen molar-refractivity contribution in [1.29, 1.82) is 0 Å². The standard InChI is InChI=1S/C15H13BrClNO2/c1-2-20-10-4-6-11(13(16)8-10)15(19)12-5-3-9(17)7-14(12)18/h3-8H,2,18H2,1H3. The Bertz CT molecular complexity index is 658. The number of anilines is 1. The Balaban J connectivity index is 2.38. The molecule has 0 fully saturated rings. The molecule has 0 bridgehead atoms. The van der Waals surface area contributed by atoms with Crippen molar-refractivity contribution in [2.45, 2.75) is 6.92 Å². The van der Waals surface area contributed by atoms with Crippen molar-refractivity contribution in [3.05, 3.63) is 57.0 Å². The first-order chi connectivity index (χ1) is 9.52. The highest BCUT2D eigenvalue weighted by Crippen LogP contribution is 2.27. The Morgan fingerprint density at radius 2 is 1.95 bits per heavy atom. The van der Waals surface area contributed by atoms with Crippen LogP contribution in [-0.4, -0.2) is 12.4 Å². The Kier molecular flexibility index (Phi) is 4.68. The number of ether oxygens (including phenoxy) is 1. The van der Waals surface area contributed by atoms with Crippen LogP contribution < -0.4 is 10.5 Å². The molecule has 0 aromatic heterocycles. The minimum atomic E-state index is -0.158. The van der Waals surface area contributed by atoms with Crippen molar-refractivity contribution < 1.29 is 9.53 Å². The summed E-state index contributed by atoms with van der Waals surface area (Å²) in [6.07, 6.45) is 0. The lowest BCUT2D eigenvalue weighted by Gasteiger charge is -2.09. The van der Waals surface area contributed by atoms with Crippen molar-refractivity contribution in [1.82, 2.24) is 0 Å². The lowest BCUT2D eigenvalue weighted by Crippen LogP contribution is -2.06. The largest absolute Gasteiger partial charge is 0.494 e. The summed E-state index contributed by atoms with van der Waals surface area (Å²) in [4.78, 5) is 12.5. The van der Waals surface area contributed by atoms with E-state index in [4.69, 9.17) is 22.1 Å². The Hall–Kier alpha value is -1.52. The second-order valence-electron chi connectivity index (χ2n) is 4.14. The van der Waals surface area contributed by atoms with Gasteiger partial charge in [-0.2, -0.15) is 0 Å². The second-order valence-corrected chi connectivity index (χ2v) is 5.43. The van der Waals surface area contributed by atoms with E-state index in [0.29, 0.717) is 38.7 Å². The highest BCUT2D eigenvalue weighted by Gasteiger charge is 2.16. The van der Waals surface area contributed by atoms with Crippen LogP contribution in [0.1, 0.15) is 22.8 Å². The smallest absolute Gasteiger partial charge is 0.196 e. The molecule has 0 atom stereocenters. The van der Waals surface area contributed by atoms with Gasteiger partial charge < -0.3 is 10.5 Å². The third kappa shape index (κ3) is 3.14. The first kappa shape index (κ1) is 14.9. The van der Waals surface area contributed by atoms with Gasteiger partial charge in [0.2, 0.25) is 0 Å². The molecule has 0 heterocycles. The zero-order chi connectivity index (χ0) is 14.7. The van der Waals surface area contributed by atoms with E-state index in [9.17, 15) is 4.79 Å². The fraction of sp³-hybridized carbons (Fsp3) is 0.133.